The van der Waals surface area contributed by atoms with Crippen LogP contribution in [0.2, 0.25) is 0 Å². The van der Waals surface area contributed by atoms with Crippen molar-refractivity contribution in [2.24, 2.45) is 0 Å². The normalized spacial score (nSPS) is 15.3. The molecule has 0 bridgehead atoms. The number of nitrogens with two attached hydrogens (primary N) is 1. The Hall–Kier alpha value is -2.23. The van der Waals surface area contributed by atoms with Crippen molar-refractivity contribution in [2.75, 3.05) is 12.3 Å². The highest BCUT2D eigenvalue weighted by atomic mass is 16.1. The second-order valence-electron chi connectivity index (χ2n) is 7.19. The monoisotopic (exact) mass is 339 g/mol. The topological polar surface area (TPSA) is 60.1 Å². The number of aryl methyl sites for hydroxylation is 1. The number of anilines is 1. The van der Waals surface area contributed by atoms with Crippen LogP contribution in [0.5, 0.6) is 0 Å². The first-order valence-corrected chi connectivity index (χ1v) is 9.37. The lowest BCUT2D eigenvalue weighted by atomic mass is 9.95. The molecule has 1 heterocycles. The third-order valence-corrected chi connectivity index (χ3v) is 5.35. The van der Waals surface area contributed by atoms with E-state index in [2.05, 4.69) is 23.7 Å². The Kier molecular flexibility index (Phi) is 5.47. The van der Waals surface area contributed by atoms with Gasteiger partial charge in [-0.25, -0.2) is 0 Å². The van der Waals surface area contributed by atoms with Gasteiger partial charge >= 0.3 is 0 Å². The average Bonchev–Trinajstić information content (AvgIpc) is 2.92. The van der Waals surface area contributed by atoms with Crippen molar-refractivity contribution in [1.82, 2.24) is 9.88 Å². The summed E-state index contributed by atoms with van der Waals surface area (Å²) < 4.78 is 2.38. The molecule has 3 rings (SSSR count). The summed E-state index contributed by atoms with van der Waals surface area (Å²) in [5, 5.41) is 3.06. The van der Waals surface area contributed by atoms with Crippen LogP contribution in [-0.2, 0) is 6.42 Å². The Morgan fingerprint density at radius 2 is 1.84 bits per heavy atom. The third kappa shape index (κ3) is 4.06. The van der Waals surface area contributed by atoms with Crippen LogP contribution in [0.3, 0.4) is 0 Å². The predicted molar refractivity (Wildman–Crippen MR) is 103 cm³/mol. The van der Waals surface area contributed by atoms with Crippen LogP contribution in [0.25, 0.3) is 0 Å². The predicted octanol–water partition coefficient (Wildman–Crippen LogP) is 4.16. The van der Waals surface area contributed by atoms with Gasteiger partial charge in [0.1, 0.15) is 0 Å². The maximum atomic E-state index is 12.6. The first-order valence-electron chi connectivity index (χ1n) is 9.37. The molecule has 134 valence electrons. The smallest absolute Gasteiger partial charge is 0.253 e. The van der Waals surface area contributed by atoms with Crippen molar-refractivity contribution >= 4 is 11.6 Å². The Morgan fingerprint density at radius 3 is 2.52 bits per heavy atom. The molecule has 1 aromatic carbocycles. The molecule has 1 aliphatic rings. The highest BCUT2D eigenvalue weighted by Crippen LogP contribution is 2.32. The number of hydrogen-bond donors (Lipinski definition) is 2. The number of carbonyl (C=O) groups is 1. The van der Waals surface area contributed by atoms with Gasteiger partial charge in [0.15, 0.2) is 0 Å². The molecule has 1 aromatic heterocycles. The van der Waals surface area contributed by atoms with Crippen LogP contribution in [0, 0.1) is 13.8 Å². The summed E-state index contributed by atoms with van der Waals surface area (Å²) in [5.74, 6) is 0.0330. The van der Waals surface area contributed by atoms with E-state index in [0.29, 0.717) is 12.6 Å². The average molecular weight is 339 g/mol. The molecular weight excluding hydrogens is 310 g/mol. The van der Waals surface area contributed by atoms with Gasteiger partial charge < -0.3 is 15.6 Å². The van der Waals surface area contributed by atoms with Gasteiger partial charge in [-0.2, -0.15) is 0 Å². The van der Waals surface area contributed by atoms with E-state index in [4.69, 9.17) is 5.73 Å². The van der Waals surface area contributed by atoms with Crippen LogP contribution in [-0.4, -0.2) is 17.0 Å². The van der Waals surface area contributed by atoms with Crippen molar-refractivity contribution in [3.05, 3.63) is 52.8 Å². The molecule has 1 saturated carbocycles. The van der Waals surface area contributed by atoms with Gasteiger partial charge in [0.05, 0.1) is 5.56 Å². The second-order valence-corrected chi connectivity index (χ2v) is 7.19. The number of nitrogen functional groups attached to an aromatic ring is 1. The van der Waals surface area contributed by atoms with E-state index in [0.717, 1.165) is 23.4 Å². The number of rotatable bonds is 5. The van der Waals surface area contributed by atoms with Crippen LogP contribution >= 0.6 is 0 Å². The van der Waals surface area contributed by atoms with E-state index in [9.17, 15) is 4.79 Å². The third-order valence-electron chi connectivity index (χ3n) is 5.35. The van der Waals surface area contributed by atoms with Gasteiger partial charge in [-0.05, 0) is 56.9 Å². The summed E-state index contributed by atoms with van der Waals surface area (Å²) in [6, 6.07) is 10.4. The fraction of sp³-hybridized carbons (Fsp3) is 0.476. The molecule has 0 saturated heterocycles. The Labute approximate surface area is 150 Å². The first-order chi connectivity index (χ1) is 12.1. The molecule has 1 amide bonds. The number of aromatic nitrogens is 1. The minimum absolute atomic E-state index is 0.0330. The molecule has 4 heteroatoms. The zero-order chi connectivity index (χ0) is 17.8. The number of nitrogens with one attached hydrogen (secondary N) is 1. The number of benzene rings is 1. The summed E-state index contributed by atoms with van der Waals surface area (Å²) in [7, 11) is 0. The van der Waals surface area contributed by atoms with Gasteiger partial charge in [-0.3, -0.25) is 4.79 Å². The minimum Gasteiger partial charge on any atom is -0.399 e. The van der Waals surface area contributed by atoms with Gasteiger partial charge in [0.25, 0.3) is 5.91 Å². The molecule has 0 atom stereocenters. The molecule has 1 fully saturated rings. The SMILES string of the molecule is Cc1cc(C(=O)NCCc2ccc(N)cc2)c(C)n1C1CCCCC1. The maximum absolute atomic E-state index is 12.6. The zero-order valence-electron chi connectivity index (χ0n) is 15.3. The van der Waals surface area contributed by atoms with Crippen LogP contribution in [0.15, 0.2) is 30.3 Å². The summed E-state index contributed by atoms with van der Waals surface area (Å²) in [6.45, 7) is 4.83. The van der Waals surface area contributed by atoms with E-state index < -0.39 is 0 Å². The molecule has 0 aliphatic heterocycles. The van der Waals surface area contributed by atoms with Crippen molar-refractivity contribution < 1.29 is 4.79 Å². The number of amides is 1. The molecule has 3 N–H and O–H groups in total. The van der Waals surface area contributed by atoms with Gasteiger partial charge in [-0.1, -0.05) is 31.4 Å². The molecule has 4 nitrogen and oxygen atoms in total. The Morgan fingerprint density at radius 1 is 1.16 bits per heavy atom. The fourth-order valence-corrected chi connectivity index (χ4v) is 4.01. The van der Waals surface area contributed by atoms with E-state index in [-0.39, 0.29) is 5.91 Å². The summed E-state index contributed by atoms with van der Waals surface area (Å²) in [6.07, 6.45) is 7.21. The number of nitrogens with zero attached hydrogens (tertiary/aromatic N) is 1. The quantitative estimate of drug-likeness (QED) is 0.803. The van der Waals surface area contributed by atoms with Crippen LogP contribution in [0.1, 0.15) is 65.5 Å². The largest absolute Gasteiger partial charge is 0.399 e. The highest BCUT2D eigenvalue weighted by Gasteiger charge is 2.22. The maximum Gasteiger partial charge on any atom is 0.253 e. The standard InChI is InChI=1S/C21H29N3O/c1-15-14-20(16(2)24(15)19-6-4-3-5-7-19)21(25)23-13-12-17-8-10-18(22)11-9-17/h8-11,14,19H,3-7,12-13,22H2,1-2H3,(H,23,25). The molecule has 25 heavy (non-hydrogen) atoms. The van der Waals surface area contributed by atoms with E-state index >= 15 is 0 Å². The zero-order valence-corrected chi connectivity index (χ0v) is 15.3. The van der Waals surface area contributed by atoms with Gasteiger partial charge in [0.2, 0.25) is 0 Å². The van der Waals surface area contributed by atoms with Crippen molar-refractivity contribution in [1.29, 1.82) is 0 Å². The van der Waals surface area contributed by atoms with E-state index in [1.165, 1.54) is 43.4 Å². The number of carbonyl (C=O) groups excluding carboxylic acids is 1. The van der Waals surface area contributed by atoms with E-state index in [1.807, 2.05) is 30.3 Å². The van der Waals surface area contributed by atoms with Crippen LogP contribution in [0.4, 0.5) is 5.69 Å². The van der Waals surface area contributed by atoms with Gasteiger partial charge in [-0.15, -0.1) is 0 Å². The fourth-order valence-electron chi connectivity index (χ4n) is 4.01. The molecule has 0 spiro atoms. The first kappa shape index (κ1) is 17.6. The second kappa shape index (κ2) is 7.77. The summed E-state index contributed by atoms with van der Waals surface area (Å²) in [5.41, 5.74) is 10.8. The molecule has 0 radical (unpaired) electrons. The Balaban J connectivity index is 1.63. The lowest BCUT2D eigenvalue weighted by molar-refractivity contribution is 0.0953. The van der Waals surface area contributed by atoms with Crippen molar-refractivity contribution in [3.8, 4) is 0 Å². The lowest BCUT2D eigenvalue weighted by Crippen LogP contribution is -2.26. The summed E-state index contributed by atoms with van der Waals surface area (Å²) >= 11 is 0. The van der Waals surface area contributed by atoms with E-state index in [1.54, 1.807) is 0 Å². The van der Waals surface area contributed by atoms with Crippen LogP contribution < -0.4 is 11.1 Å². The minimum atomic E-state index is 0.0330. The molecule has 0 unspecified atom stereocenters. The highest BCUT2D eigenvalue weighted by molar-refractivity contribution is 5.95. The van der Waals surface area contributed by atoms with Crippen molar-refractivity contribution in [3.63, 3.8) is 0 Å². The Bertz CT molecular complexity index is 724. The molecule has 2 aromatic rings. The van der Waals surface area contributed by atoms with Gasteiger partial charge in [0, 0.05) is 29.7 Å². The number of hydrogen-bond acceptors (Lipinski definition) is 2. The van der Waals surface area contributed by atoms with Crippen molar-refractivity contribution in [2.45, 2.75) is 58.4 Å². The molecular formula is C21H29N3O. The molecule has 1 aliphatic carbocycles. The summed E-state index contributed by atoms with van der Waals surface area (Å²) in [4.78, 5) is 12.6. The lowest BCUT2D eigenvalue weighted by Gasteiger charge is -2.26.